The molecule has 4 rings (SSSR count). The smallest absolute Gasteiger partial charge is 0.228 e. The maximum Gasteiger partial charge on any atom is 0.228 e. The van der Waals surface area contributed by atoms with E-state index in [-0.39, 0.29) is 11.8 Å². The molecule has 4 heterocycles. The van der Waals surface area contributed by atoms with Crippen molar-refractivity contribution in [3.8, 4) is 0 Å². The van der Waals surface area contributed by atoms with Gasteiger partial charge in [0.1, 0.15) is 0 Å². The number of hydrogen-bond acceptors (Lipinski definition) is 5. The topological polar surface area (TPSA) is 53.5 Å². The lowest BCUT2D eigenvalue weighted by Crippen LogP contribution is -2.36. The number of nitrogens with zero attached hydrogens (tertiary/aromatic N) is 3. The molecule has 0 N–H and O–H groups in total. The molecule has 0 spiro atoms. The molecular weight excluding hydrogens is 330 g/mol. The van der Waals surface area contributed by atoms with E-state index in [0.717, 1.165) is 36.8 Å². The van der Waals surface area contributed by atoms with Gasteiger partial charge in [0, 0.05) is 36.3 Å². The summed E-state index contributed by atoms with van der Waals surface area (Å²) < 4.78 is 0. The summed E-state index contributed by atoms with van der Waals surface area (Å²) in [7, 11) is 0. The van der Waals surface area contributed by atoms with Crippen LogP contribution in [0.3, 0.4) is 0 Å². The van der Waals surface area contributed by atoms with Crippen molar-refractivity contribution in [1.82, 2.24) is 9.88 Å². The molecule has 23 heavy (non-hydrogen) atoms. The molecule has 0 saturated carbocycles. The molecule has 2 aliphatic heterocycles. The average molecular weight is 347 g/mol. The largest absolute Gasteiger partial charge is 0.338 e. The zero-order chi connectivity index (χ0) is 15.8. The van der Waals surface area contributed by atoms with Crippen LogP contribution in [0.25, 0.3) is 0 Å². The van der Waals surface area contributed by atoms with Gasteiger partial charge in [0.2, 0.25) is 11.8 Å². The minimum atomic E-state index is 0.117. The standard InChI is InChI=1S/C16H17N3O2S2/c20-14-2-1-5-19(14)16-17-12(10-23-16)8-15(21)18-6-3-13-11(9-18)4-7-22-13/h4,7,10H,1-3,5-6,8-9H2. The Morgan fingerprint density at radius 1 is 1.26 bits per heavy atom. The number of hydrogen-bond donors (Lipinski definition) is 0. The Morgan fingerprint density at radius 2 is 2.17 bits per heavy atom. The van der Waals surface area contributed by atoms with Gasteiger partial charge in [-0.1, -0.05) is 0 Å². The summed E-state index contributed by atoms with van der Waals surface area (Å²) in [5, 5.41) is 4.73. The van der Waals surface area contributed by atoms with Gasteiger partial charge in [-0.25, -0.2) is 4.98 Å². The van der Waals surface area contributed by atoms with Crippen LogP contribution >= 0.6 is 22.7 Å². The first kappa shape index (κ1) is 14.8. The van der Waals surface area contributed by atoms with E-state index >= 15 is 0 Å². The second-order valence-corrected chi connectivity index (χ2v) is 7.72. The third-order valence-corrected chi connectivity index (χ3v) is 6.27. The second-order valence-electron chi connectivity index (χ2n) is 5.88. The van der Waals surface area contributed by atoms with E-state index in [1.807, 2.05) is 10.3 Å². The van der Waals surface area contributed by atoms with Crippen molar-refractivity contribution in [3.63, 3.8) is 0 Å². The zero-order valence-electron chi connectivity index (χ0n) is 12.7. The molecule has 0 aromatic carbocycles. The molecule has 2 aromatic rings. The minimum absolute atomic E-state index is 0.117. The van der Waals surface area contributed by atoms with Crippen molar-refractivity contribution < 1.29 is 9.59 Å². The van der Waals surface area contributed by atoms with Crippen LogP contribution in [0.1, 0.15) is 29.0 Å². The fourth-order valence-corrected chi connectivity index (χ4v) is 4.84. The highest BCUT2D eigenvalue weighted by molar-refractivity contribution is 7.14. The van der Waals surface area contributed by atoms with Crippen LogP contribution in [-0.2, 0) is 29.0 Å². The molecule has 5 nitrogen and oxygen atoms in total. The SMILES string of the molecule is O=C(Cc1csc(N2CCCC2=O)n1)N1CCc2sccc2C1. The highest BCUT2D eigenvalue weighted by Gasteiger charge is 2.26. The van der Waals surface area contributed by atoms with E-state index in [1.165, 1.54) is 21.8 Å². The highest BCUT2D eigenvalue weighted by Crippen LogP contribution is 2.27. The molecule has 120 valence electrons. The number of fused-ring (bicyclic) bond motifs is 1. The average Bonchev–Trinajstić information content (AvgIpc) is 3.26. The Bertz CT molecular complexity index is 752. The first-order valence-corrected chi connectivity index (χ1v) is 9.54. The summed E-state index contributed by atoms with van der Waals surface area (Å²) >= 11 is 3.23. The van der Waals surface area contributed by atoms with Gasteiger partial charge in [0.05, 0.1) is 12.1 Å². The number of aromatic nitrogens is 1. The van der Waals surface area contributed by atoms with Crippen LogP contribution in [0.4, 0.5) is 5.13 Å². The summed E-state index contributed by atoms with van der Waals surface area (Å²) in [6, 6.07) is 2.11. The molecule has 1 fully saturated rings. The fraction of sp³-hybridized carbons (Fsp3) is 0.438. The molecule has 2 aromatic heterocycles. The van der Waals surface area contributed by atoms with Gasteiger partial charge in [-0.3, -0.25) is 14.5 Å². The van der Waals surface area contributed by atoms with Gasteiger partial charge < -0.3 is 4.90 Å². The van der Waals surface area contributed by atoms with Gasteiger partial charge in [0.15, 0.2) is 5.13 Å². The number of thiazole rings is 1. The minimum Gasteiger partial charge on any atom is -0.338 e. The molecule has 0 unspecified atom stereocenters. The van der Waals surface area contributed by atoms with E-state index in [1.54, 1.807) is 16.2 Å². The lowest BCUT2D eigenvalue weighted by atomic mass is 10.1. The summed E-state index contributed by atoms with van der Waals surface area (Å²) in [5.74, 6) is 0.254. The Balaban J connectivity index is 1.41. The van der Waals surface area contributed by atoms with E-state index in [0.29, 0.717) is 19.4 Å². The third kappa shape index (κ3) is 2.90. The molecule has 0 aliphatic carbocycles. The lowest BCUT2D eigenvalue weighted by Gasteiger charge is -2.26. The molecule has 0 atom stereocenters. The first-order chi connectivity index (χ1) is 11.2. The summed E-state index contributed by atoms with van der Waals surface area (Å²) in [4.78, 5) is 33.8. The van der Waals surface area contributed by atoms with E-state index in [9.17, 15) is 9.59 Å². The normalized spacial score (nSPS) is 17.7. The van der Waals surface area contributed by atoms with Gasteiger partial charge in [-0.15, -0.1) is 22.7 Å². The van der Waals surface area contributed by atoms with Crippen LogP contribution in [0.2, 0.25) is 0 Å². The number of amides is 2. The van der Waals surface area contributed by atoms with Gasteiger partial charge in [0.25, 0.3) is 0 Å². The molecule has 0 radical (unpaired) electrons. The Labute approximate surface area is 142 Å². The molecular formula is C16H17N3O2S2. The van der Waals surface area contributed by atoms with Crippen molar-refractivity contribution in [2.45, 2.75) is 32.2 Å². The van der Waals surface area contributed by atoms with Crippen LogP contribution in [0, 0.1) is 0 Å². The maximum atomic E-state index is 12.5. The van der Waals surface area contributed by atoms with Gasteiger partial charge >= 0.3 is 0 Å². The van der Waals surface area contributed by atoms with Gasteiger partial charge in [-0.05, 0) is 29.9 Å². The Morgan fingerprint density at radius 3 is 3.00 bits per heavy atom. The molecule has 1 saturated heterocycles. The van der Waals surface area contributed by atoms with Crippen molar-refractivity contribution in [3.05, 3.63) is 33.0 Å². The number of anilines is 1. The Kier molecular flexibility index (Phi) is 3.90. The number of rotatable bonds is 3. The number of carbonyl (C=O) groups is 2. The molecule has 2 amide bonds. The van der Waals surface area contributed by atoms with Crippen molar-refractivity contribution in [1.29, 1.82) is 0 Å². The van der Waals surface area contributed by atoms with E-state index in [4.69, 9.17) is 0 Å². The van der Waals surface area contributed by atoms with Crippen LogP contribution < -0.4 is 4.90 Å². The highest BCUT2D eigenvalue weighted by atomic mass is 32.1. The Hall–Kier alpha value is -1.73. The van der Waals surface area contributed by atoms with E-state index in [2.05, 4.69) is 16.4 Å². The van der Waals surface area contributed by atoms with Gasteiger partial charge in [-0.2, -0.15) is 0 Å². The summed E-state index contributed by atoms with van der Waals surface area (Å²) in [6.07, 6.45) is 2.76. The third-order valence-electron chi connectivity index (χ3n) is 4.34. The number of thiophene rings is 1. The maximum absolute atomic E-state index is 12.5. The van der Waals surface area contributed by atoms with Crippen LogP contribution in [0.5, 0.6) is 0 Å². The zero-order valence-corrected chi connectivity index (χ0v) is 14.3. The lowest BCUT2D eigenvalue weighted by molar-refractivity contribution is -0.131. The fourth-order valence-electron chi connectivity index (χ4n) is 3.08. The van der Waals surface area contributed by atoms with Crippen LogP contribution in [0.15, 0.2) is 16.8 Å². The summed E-state index contributed by atoms with van der Waals surface area (Å²) in [5.41, 5.74) is 2.04. The molecule has 7 heteroatoms. The van der Waals surface area contributed by atoms with Crippen molar-refractivity contribution in [2.75, 3.05) is 18.0 Å². The number of carbonyl (C=O) groups excluding carboxylic acids is 2. The predicted octanol–water partition coefficient (Wildman–Crippen LogP) is 2.46. The van der Waals surface area contributed by atoms with Crippen molar-refractivity contribution >= 4 is 39.6 Å². The second kappa shape index (κ2) is 6.05. The molecule has 2 aliphatic rings. The van der Waals surface area contributed by atoms with E-state index < -0.39 is 0 Å². The summed E-state index contributed by atoms with van der Waals surface area (Å²) in [6.45, 7) is 2.24. The quantitative estimate of drug-likeness (QED) is 0.857. The van der Waals surface area contributed by atoms with Crippen molar-refractivity contribution in [2.24, 2.45) is 0 Å². The first-order valence-electron chi connectivity index (χ1n) is 7.78. The predicted molar refractivity (Wildman–Crippen MR) is 90.8 cm³/mol. The molecule has 0 bridgehead atoms. The van der Waals surface area contributed by atoms with Crippen LogP contribution in [-0.4, -0.2) is 34.8 Å². The monoisotopic (exact) mass is 347 g/mol.